The van der Waals surface area contributed by atoms with Crippen molar-refractivity contribution >= 4 is 12.2 Å². The first kappa shape index (κ1) is 13.7. The van der Waals surface area contributed by atoms with Gasteiger partial charge in [-0.15, -0.1) is 0 Å². The van der Waals surface area contributed by atoms with Crippen LogP contribution in [-0.2, 0) is 26.6 Å². The highest BCUT2D eigenvalue weighted by Crippen LogP contribution is 2.35. The summed E-state index contributed by atoms with van der Waals surface area (Å²) in [6, 6.07) is 5.35. The lowest BCUT2D eigenvalue weighted by Gasteiger charge is -2.29. The van der Waals surface area contributed by atoms with Crippen molar-refractivity contribution in [3.63, 3.8) is 0 Å². The molecule has 1 aromatic rings. The molecular weight excluding hydrogens is 246 g/mol. The van der Waals surface area contributed by atoms with Crippen LogP contribution in [0.15, 0.2) is 18.2 Å². The average molecular weight is 263 g/mol. The van der Waals surface area contributed by atoms with Gasteiger partial charge in [0.25, 0.3) is 11.8 Å². The number of hydrogen-bond donors (Lipinski definition) is 1. The maximum Gasteiger partial charge on any atom is 0.281 e. The van der Waals surface area contributed by atoms with Gasteiger partial charge in [-0.1, -0.05) is 18.2 Å². The predicted octanol–water partition coefficient (Wildman–Crippen LogP) is 1.35. The first-order valence-electron chi connectivity index (χ1n) is 6.35. The Kier molecular flexibility index (Phi) is 3.97. The number of aldehydes is 1. The van der Waals surface area contributed by atoms with Crippen molar-refractivity contribution in [2.75, 3.05) is 13.2 Å². The maximum atomic E-state index is 12.1. The molecule has 19 heavy (non-hydrogen) atoms. The monoisotopic (exact) mass is 263 g/mol. The highest BCUT2D eigenvalue weighted by molar-refractivity contribution is 6.01. The summed E-state index contributed by atoms with van der Waals surface area (Å²) in [5, 5.41) is 2.73. The molecule has 0 fully saturated rings. The number of fused-ring (bicyclic) bond motifs is 1. The number of hydrogen-bond acceptors (Lipinski definition) is 4. The van der Waals surface area contributed by atoms with Crippen LogP contribution in [0.1, 0.15) is 35.3 Å². The van der Waals surface area contributed by atoms with Gasteiger partial charge in [-0.3, -0.25) is 10.1 Å². The van der Waals surface area contributed by atoms with Gasteiger partial charge in [0.1, 0.15) is 6.29 Å². The smallest absolute Gasteiger partial charge is 0.281 e. The molecular formula is C14H17NO4. The van der Waals surface area contributed by atoms with Crippen LogP contribution in [-0.4, -0.2) is 25.4 Å². The van der Waals surface area contributed by atoms with Crippen molar-refractivity contribution in [3.05, 3.63) is 34.9 Å². The van der Waals surface area contributed by atoms with E-state index >= 15 is 0 Å². The van der Waals surface area contributed by atoms with E-state index in [0.29, 0.717) is 29.9 Å². The molecule has 1 aliphatic heterocycles. The Balaban J connectivity index is 2.53. The molecule has 0 bridgehead atoms. The second kappa shape index (κ2) is 5.50. The average Bonchev–Trinajstić information content (AvgIpc) is 2.65. The van der Waals surface area contributed by atoms with Gasteiger partial charge >= 0.3 is 0 Å². The van der Waals surface area contributed by atoms with Crippen LogP contribution < -0.4 is 5.32 Å². The van der Waals surface area contributed by atoms with Gasteiger partial charge in [-0.2, -0.15) is 0 Å². The van der Waals surface area contributed by atoms with E-state index in [0.717, 1.165) is 6.29 Å². The number of ether oxygens (including phenoxy) is 2. The van der Waals surface area contributed by atoms with Crippen LogP contribution in [0.3, 0.4) is 0 Å². The zero-order valence-corrected chi connectivity index (χ0v) is 11.1. The molecule has 5 heteroatoms. The third-order valence-electron chi connectivity index (χ3n) is 3.01. The molecule has 0 aromatic heterocycles. The highest BCUT2D eigenvalue weighted by Gasteiger charge is 2.46. The van der Waals surface area contributed by atoms with Crippen molar-refractivity contribution in [1.82, 2.24) is 5.32 Å². The lowest BCUT2D eigenvalue weighted by molar-refractivity contribution is -0.251. The lowest BCUT2D eigenvalue weighted by atomic mass is 9.99. The maximum absolute atomic E-state index is 12.1. The number of rotatable bonds is 6. The Hall–Kier alpha value is -1.72. The number of carbonyl (C=O) groups is 2. The summed E-state index contributed by atoms with van der Waals surface area (Å²) in [5.41, 5.74) is 1.81. The van der Waals surface area contributed by atoms with E-state index < -0.39 is 5.91 Å². The second-order valence-electron chi connectivity index (χ2n) is 4.15. The normalized spacial score (nSPS) is 16.0. The van der Waals surface area contributed by atoms with E-state index in [1.54, 1.807) is 18.2 Å². The minimum atomic E-state index is -1.23. The van der Waals surface area contributed by atoms with Crippen molar-refractivity contribution in [2.24, 2.45) is 0 Å². The van der Waals surface area contributed by atoms with E-state index in [4.69, 9.17) is 9.47 Å². The summed E-state index contributed by atoms with van der Waals surface area (Å²) < 4.78 is 11.2. The quantitative estimate of drug-likeness (QED) is 0.621. The van der Waals surface area contributed by atoms with E-state index in [9.17, 15) is 9.59 Å². The molecule has 0 saturated carbocycles. The summed E-state index contributed by atoms with van der Waals surface area (Å²) in [5.74, 6) is -1.50. The Morgan fingerprint density at radius 3 is 2.53 bits per heavy atom. The third-order valence-corrected chi connectivity index (χ3v) is 3.01. The molecule has 0 atom stereocenters. The van der Waals surface area contributed by atoms with Gasteiger partial charge < -0.3 is 14.3 Å². The minimum absolute atomic E-state index is 0.199. The van der Waals surface area contributed by atoms with E-state index in [2.05, 4.69) is 5.32 Å². The summed E-state index contributed by atoms with van der Waals surface area (Å²) in [4.78, 5) is 22.8. The van der Waals surface area contributed by atoms with E-state index in [-0.39, 0.29) is 12.3 Å². The minimum Gasteiger partial charge on any atom is -0.329 e. The van der Waals surface area contributed by atoms with Gasteiger partial charge in [0.2, 0.25) is 0 Å². The van der Waals surface area contributed by atoms with Crippen LogP contribution in [0, 0.1) is 0 Å². The molecule has 102 valence electrons. The Morgan fingerprint density at radius 1 is 1.26 bits per heavy atom. The fourth-order valence-corrected chi connectivity index (χ4v) is 2.36. The number of amides is 1. The highest BCUT2D eigenvalue weighted by atomic mass is 16.7. The molecule has 0 radical (unpaired) electrons. The van der Waals surface area contributed by atoms with Crippen LogP contribution >= 0.6 is 0 Å². The van der Waals surface area contributed by atoms with Gasteiger partial charge in [-0.05, 0) is 19.4 Å². The Morgan fingerprint density at radius 2 is 1.95 bits per heavy atom. The molecule has 1 amide bonds. The summed E-state index contributed by atoms with van der Waals surface area (Å²) in [7, 11) is 0. The third kappa shape index (κ3) is 2.27. The van der Waals surface area contributed by atoms with Crippen molar-refractivity contribution in [2.45, 2.75) is 26.2 Å². The number of nitrogens with one attached hydrogen (secondary N) is 1. The molecule has 0 spiro atoms. The molecule has 1 aromatic carbocycles. The topological polar surface area (TPSA) is 64.6 Å². The number of carbonyl (C=O) groups excluding carboxylic acids is 2. The molecule has 1 heterocycles. The van der Waals surface area contributed by atoms with Crippen LogP contribution in [0.4, 0.5) is 0 Å². The van der Waals surface area contributed by atoms with Crippen LogP contribution in [0.5, 0.6) is 0 Å². The predicted molar refractivity (Wildman–Crippen MR) is 68.6 cm³/mol. The zero-order chi connectivity index (χ0) is 13.9. The van der Waals surface area contributed by atoms with Gasteiger partial charge in [-0.25, -0.2) is 0 Å². The second-order valence-corrected chi connectivity index (χ2v) is 4.15. The van der Waals surface area contributed by atoms with Gasteiger partial charge in [0.05, 0.1) is 5.56 Å². The SMILES string of the molecule is CCOC1(OCC)NC(=O)c2c(CC=O)cccc21. The Bertz CT molecular complexity index is 492. The molecule has 1 N–H and O–H groups in total. The number of benzene rings is 1. The largest absolute Gasteiger partial charge is 0.329 e. The molecule has 0 aliphatic carbocycles. The molecule has 1 aliphatic rings. The molecule has 5 nitrogen and oxygen atoms in total. The van der Waals surface area contributed by atoms with Crippen molar-refractivity contribution < 1.29 is 19.1 Å². The standard InChI is InChI=1S/C14H17NO4/c1-3-18-14(19-4-2)11-7-5-6-10(8-9-16)12(11)13(17)15-14/h5-7,9H,3-4,8H2,1-2H3,(H,15,17). The first-order chi connectivity index (χ1) is 9.18. The van der Waals surface area contributed by atoms with Gasteiger partial charge in [0.15, 0.2) is 0 Å². The summed E-state index contributed by atoms with van der Waals surface area (Å²) in [6.07, 6.45) is 0.981. The van der Waals surface area contributed by atoms with Crippen LogP contribution in [0.25, 0.3) is 0 Å². The first-order valence-corrected chi connectivity index (χ1v) is 6.35. The fraction of sp³-hybridized carbons (Fsp3) is 0.429. The summed E-state index contributed by atoms with van der Waals surface area (Å²) in [6.45, 7) is 4.47. The Labute approximate surface area is 111 Å². The summed E-state index contributed by atoms with van der Waals surface area (Å²) >= 11 is 0. The van der Waals surface area contributed by atoms with Crippen molar-refractivity contribution in [3.8, 4) is 0 Å². The zero-order valence-electron chi connectivity index (χ0n) is 11.1. The molecule has 0 saturated heterocycles. The lowest BCUT2D eigenvalue weighted by Crippen LogP contribution is -2.44. The van der Waals surface area contributed by atoms with E-state index in [1.807, 2.05) is 13.8 Å². The van der Waals surface area contributed by atoms with Crippen LogP contribution in [0.2, 0.25) is 0 Å². The molecule has 2 rings (SSSR count). The van der Waals surface area contributed by atoms with E-state index in [1.165, 1.54) is 0 Å². The van der Waals surface area contributed by atoms with Gasteiger partial charge in [0, 0.05) is 25.2 Å². The van der Waals surface area contributed by atoms with Crippen molar-refractivity contribution in [1.29, 1.82) is 0 Å². The molecule has 0 unspecified atom stereocenters. The fourth-order valence-electron chi connectivity index (χ4n) is 2.36.